The number of aliphatic hydroxyl groups excluding tert-OH is 1. The van der Waals surface area contributed by atoms with Crippen molar-refractivity contribution in [3.63, 3.8) is 0 Å². The van der Waals surface area contributed by atoms with Gasteiger partial charge in [0.1, 0.15) is 6.04 Å². The Kier molecular flexibility index (Phi) is 4.21. The van der Waals surface area contributed by atoms with Gasteiger partial charge >= 0.3 is 0 Å². The van der Waals surface area contributed by atoms with E-state index in [1.165, 1.54) is 0 Å². The van der Waals surface area contributed by atoms with Crippen molar-refractivity contribution in [2.45, 2.75) is 19.4 Å². The van der Waals surface area contributed by atoms with Gasteiger partial charge in [0.05, 0.1) is 6.61 Å². The second-order valence-electron chi connectivity index (χ2n) is 2.06. The molecule has 0 aliphatic rings. The van der Waals surface area contributed by atoms with E-state index in [-0.39, 0.29) is 12.3 Å². The van der Waals surface area contributed by atoms with E-state index in [9.17, 15) is 9.59 Å². The molecule has 0 aromatic carbocycles. The van der Waals surface area contributed by atoms with Crippen molar-refractivity contribution in [2.75, 3.05) is 6.61 Å². The van der Waals surface area contributed by atoms with Gasteiger partial charge in [-0.3, -0.25) is 9.59 Å². The largest absolute Gasteiger partial charge is 0.394 e. The smallest absolute Gasteiger partial charge is 0.242 e. The fourth-order valence-corrected chi connectivity index (χ4v) is 0.503. The Morgan fingerprint density at radius 2 is 2.18 bits per heavy atom. The van der Waals surface area contributed by atoms with Gasteiger partial charge in [-0.05, 0) is 0 Å². The molecule has 0 aromatic rings. The van der Waals surface area contributed by atoms with Crippen LogP contribution in [-0.2, 0) is 9.59 Å². The van der Waals surface area contributed by atoms with Crippen molar-refractivity contribution in [1.82, 2.24) is 5.32 Å². The normalized spacial score (nSPS) is 12.2. The monoisotopic (exact) mass is 160 g/mol. The van der Waals surface area contributed by atoms with Gasteiger partial charge in [0.15, 0.2) is 0 Å². The standard InChI is InChI=1S/C6H12N2O3/c1-2-5(10)8-4(3-9)6(7)11/h4,9H,2-3H2,1H3,(H2,7,11)(H,8,10)/t4-/m0/s1. The number of nitrogens with one attached hydrogen (secondary N) is 1. The van der Waals surface area contributed by atoms with E-state index in [2.05, 4.69) is 5.32 Å². The minimum Gasteiger partial charge on any atom is -0.394 e. The topological polar surface area (TPSA) is 92.4 Å². The van der Waals surface area contributed by atoms with E-state index in [1.54, 1.807) is 6.92 Å². The van der Waals surface area contributed by atoms with Crippen LogP contribution in [0.1, 0.15) is 13.3 Å². The SMILES string of the molecule is CCC(=O)N[C@@H](CO)C(N)=O. The number of hydrogen-bond acceptors (Lipinski definition) is 3. The van der Waals surface area contributed by atoms with Crippen LogP contribution in [0, 0.1) is 0 Å². The molecule has 0 rings (SSSR count). The molecule has 5 heteroatoms. The summed E-state index contributed by atoms with van der Waals surface area (Å²) in [6, 6.07) is -0.956. The van der Waals surface area contributed by atoms with E-state index in [4.69, 9.17) is 10.8 Å². The summed E-state index contributed by atoms with van der Waals surface area (Å²) in [5, 5.41) is 10.8. The number of rotatable bonds is 4. The maximum Gasteiger partial charge on any atom is 0.242 e. The Balaban J connectivity index is 3.88. The van der Waals surface area contributed by atoms with Gasteiger partial charge in [0, 0.05) is 6.42 Å². The Morgan fingerprint density at radius 3 is 2.45 bits per heavy atom. The molecule has 0 saturated heterocycles. The first kappa shape index (κ1) is 9.90. The second-order valence-corrected chi connectivity index (χ2v) is 2.06. The predicted molar refractivity (Wildman–Crippen MR) is 38.5 cm³/mol. The van der Waals surface area contributed by atoms with Crippen LogP contribution in [0.3, 0.4) is 0 Å². The van der Waals surface area contributed by atoms with Crippen LogP contribution < -0.4 is 11.1 Å². The Bertz CT molecular complexity index is 158. The first-order valence-corrected chi connectivity index (χ1v) is 3.31. The van der Waals surface area contributed by atoms with Gasteiger partial charge in [-0.25, -0.2) is 0 Å². The highest BCUT2D eigenvalue weighted by Crippen LogP contribution is 1.82. The summed E-state index contributed by atoms with van der Waals surface area (Å²) in [5.41, 5.74) is 4.84. The average Bonchev–Trinajstić information content (AvgIpc) is 1.99. The molecule has 0 aliphatic carbocycles. The van der Waals surface area contributed by atoms with Crippen LogP contribution in [0.4, 0.5) is 0 Å². The fraction of sp³-hybridized carbons (Fsp3) is 0.667. The van der Waals surface area contributed by atoms with Crippen molar-refractivity contribution < 1.29 is 14.7 Å². The predicted octanol–water partition coefficient (Wildman–Crippen LogP) is -1.64. The minimum atomic E-state index is -0.956. The van der Waals surface area contributed by atoms with Crippen LogP contribution in [0.15, 0.2) is 0 Å². The number of aliphatic hydroxyl groups is 1. The van der Waals surface area contributed by atoms with Crippen molar-refractivity contribution in [3.05, 3.63) is 0 Å². The molecule has 0 aromatic heterocycles. The van der Waals surface area contributed by atoms with E-state index < -0.39 is 18.6 Å². The molecule has 2 amide bonds. The van der Waals surface area contributed by atoms with Gasteiger partial charge in [-0.15, -0.1) is 0 Å². The lowest BCUT2D eigenvalue weighted by Gasteiger charge is -2.10. The van der Waals surface area contributed by atoms with E-state index >= 15 is 0 Å². The molecule has 64 valence electrons. The third-order valence-corrected chi connectivity index (χ3v) is 1.18. The number of nitrogens with two attached hydrogens (primary N) is 1. The Hall–Kier alpha value is -1.10. The van der Waals surface area contributed by atoms with Gasteiger partial charge in [0.25, 0.3) is 0 Å². The highest BCUT2D eigenvalue weighted by Gasteiger charge is 2.14. The highest BCUT2D eigenvalue weighted by atomic mass is 16.3. The third-order valence-electron chi connectivity index (χ3n) is 1.18. The average molecular weight is 160 g/mol. The second kappa shape index (κ2) is 4.68. The van der Waals surface area contributed by atoms with Crippen LogP contribution in [0.25, 0.3) is 0 Å². The molecule has 11 heavy (non-hydrogen) atoms. The number of carbonyl (C=O) groups excluding carboxylic acids is 2. The summed E-state index contributed by atoms with van der Waals surface area (Å²) in [6.07, 6.45) is 0.268. The van der Waals surface area contributed by atoms with Crippen LogP contribution in [-0.4, -0.2) is 29.6 Å². The van der Waals surface area contributed by atoms with Crippen molar-refractivity contribution >= 4 is 11.8 Å². The highest BCUT2D eigenvalue weighted by molar-refractivity contribution is 5.86. The molecule has 0 fully saturated rings. The molecule has 0 unspecified atom stereocenters. The summed E-state index contributed by atoms with van der Waals surface area (Å²) in [7, 11) is 0. The molecule has 1 atom stereocenters. The molecule has 0 spiro atoms. The maximum absolute atomic E-state index is 10.7. The van der Waals surface area contributed by atoms with Gasteiger partial charge in [0.2, 0.25) is 11.8 Å². The van der Waals surface area contributed by atoms with Crippen LogP contribution >= 0.6 is 0 Å². The quantitative estimate of drug-likeness (QED) is 0.460. The molecular weight excluding hydrogens is 148 g/mol. The summed E-state index contributed by atoms with van der Waals surface area (Å²) in [4.78, 5) is 21.1. The molecule has 0 bridgehead atoms. The minimum absolute atomic E-state index is 0.268. The zero-order valence-corrected chi connectivity index (χ0v) is 6.33. The van der Waals surface area contributed by atoms with E-state index in [0.717, 1.165) is 0 Å². The van der Waals surface area contributed by atoms with Crippen LogP contribution in [0.2, 0.25) is 0 Å². The lowest BCUT2D eigenvalue weighted by molar-refractivity contribution is -0.128. The molecule has 4 N–H and O–H groups in total. The molecule has 5 nitrogen and oxygen atoms in total. The number of amides is 2. The van der Waals surface area contributed by atoms with Crippen molar-refractivity contribution in [1.29, 1.82) is 0 Å². The summed E-state index contributed by atoms with van der Waals surface area (Å²) in [5.74, 6) is -1.03. The Morgan fingerprint density at radius 1 is 1.64 bits per heavy atom. The first-order valence-electron chi connectivity index (χ1n) is 3.31. The number of primary amides is 1. The van der Waals surface area contributed by atoms with Gasteiger partial charge in [-0.2, -0.15) is 0 Å². The first-order chi connectivity index (χ1) is 5.11. The van der Waals surface area contributed by atoms with Crippen molar-refractivity contribution in [2.24, 2.45) is 5.73 Å². The van der Waals surface area contributed by atoms with Crippen LogP contribution in [0.5, 0.6) is 0 Å². The summed E-state index contributed by atoms with van der Waals surface area (Å²) < 4.78 is 0. The summed E-state index contributed by atoms with van der Waals surface area (Å²) >= 11 is 0. The lowest BCUT2D eigenvalue weighted by Crippen LogP contribution is -2.46. The third kappa shape index (κ3) is 3.57. The van der Waals surface area contributed by atoms with E-state index in [1.807, 2.05) is 0 Å². The lowest BCUT2D eigenvalue weighted by atomic mass is 10.3. The Labute approximate surface area is 64.6 Å². The molecule has 0 heterocycles. The maximum atomic E-state index is 10.7. The summed E-state index contributed by atoms with van der Waals surface area (Å²) in [6.45, 7) is 1.19. The molecular formula is C6H12N2O3. The number of carbonyl (C=O) groups is 2. The zero-order chi connectivity index (χ0) is 8.85. The van der Waals surface area contributed by atoms with Gasteiger partial charge < -0.3 is 16.2 Å². The molecule has 0 aliphatic heterocycles. The van der Waals surface area contributed by atoms with Crippen molar-refractivity contribution in [3.8, 4) is 0 Å². The molecule has 0 saturated carbocycles. The number of hydrogen-bond donors (Lipinski definition) is 3. The molecule has 0 radical (unpaired) electrons. The van der Waals surface area contributed by atoms with Gasteiger partial charge in [-0.1, -0.05) is 6.92 Å². The zero-order valence-electron chi connectivity index (χ0n) is 6.33. The fourth-order valence-electron chi connectivity index (χ4n) is 0.503. The van der Waals surface area contributed by atoms with E-state index in [0.29, 0.717) is 0 Å².